The lowest BCUT2D eigenvalue weighted by Gasteiger charge is -2.14. The predicted molar refractivity (Wildman–Crippen MR) is 129 cm³/mol. The van der Waals surface area contributed by atoms with Gasteiger partial charge in [-0.15, -0.1) is 0 Å². The molecule has 5 rings (SSSR count). The molecular weight excluding hydrogens is 417 g/mol. The number of fused-ring (bicyclic) bond motifs is 1. The number of phenols is 1. The zero-order valence-corrected chi connectivity index (χ0v) is 18.6. The largest absolute Gasteiger partial charge is 0.506 e. The standard InChI is InChI=1S/C26H24FN5O/c1-16(2)32-23-6-4-5-21(25(23)30-26(32)18-7-9-19(27)10-8-18)29-20-11-12-22(24(33)13-20)31-14-17(3)28-15-31/h4-16,29,33H,1-3H3. The van der Waals surface area contributed by atoms with Crippen molar-refractivity contribution in [3.8, 4) is 22.8 Å². The van der Waals surface area contributed by atoms with Crippen molar-refractivity contribution in [3.63, 3.8) is 0 Å². The van der Waals surface area contributed by atoms with Crippen LogP contribution < -0.4 is 5.32 Å². The molecule has 0 aliphatic heterocycles. The number of phenolic OH excluding ortho intramolecular Hbond substituents is 1. The highest BCUT2D eigenvalue weighted by molar-refractivity contribution is 5.93. The van der Waals surface area contributed by atoms with Crippen LogP contribution in [0.3, 0.4) is 0 Å². The molecule has 0 bridgehead atoms. The first-order chi connectivity index (χ1) is 15.9. The first kappa shape index (κ1) is 20.8. The third-order valence-electron chi connectivity index (χ3n) is 5.58. The summed E-state index contributed by atoms with van der Waals surface area (Å²) in [6.45, 7) is 6.10. The predicted octanol–water partition coefficient (Wildman–Crippen LogP) is 6.37. The third kappa shape index (κ3) is 3.82. The lowest BCUT2D eigenvalue weighted by molar-refractivity contribution is 0.472. The number of aromatic hydroxyl groups is 1. The molecule has 0 saturated heterocycles. The number of para-hydroxylation sites is 1. The number of hydrogen-bond donors (Lipinski definition) is 2. The minimum Gasteiger partial charge on any atom is -0.506 e. The molecule has 7 heteroatoms. The molecule has 0 aliphatic carbocycles. The van der Waals surface area contributed by atoms with Crippen molar-refractivity contribution in [3.05, 3.63) is 84.7 Å². The first-order valence-corrected chi connectivity index (χ1v) is 10.8. The van der Waals surface area contributed by atoms with E-state index in [9.17, 15) is 9.50 Å². The van der Waals surface area contributed by atoms with E-state index in [-0.39, 0.29) is 17.6 Å². The molecule has 0 unspecified atom stereocenters. The Morgan fingerprint density at radius 3 is 2.48 bits per heavy atom. The number of benzene rings is 3. The monoisotopic (exact) mass is 441 g/mol. The molecule has 0 spiro atoms. The molecule has 3 aromatic carbocycles. The number of halogens is 1. The van der Waals surface area contributed by atoms with Gasteiger partial charge in [0.05, 0.1) is 28.9 Å². The van der Waals surface area contributed by atoms with Gasteiger partial charge >= 0.3 is 0 Å². The van der Waals surface area contributed by atoms with Gasteiger partial charge in [0.2, 0.25) is 0 Å². The highest BCUT2D eigenvalue weighted by Gasteiger charge is 2.17. The van der Waals surface area contributed by atoms with E-state index in [0.717, 1.165) is 39.5 Å². The zero-order chi connectivity index (χ0) is 23.1. The summed E-state index contributed by atoms with van der Waals surface area (Å²) >= 11 is 0. The Hall–Kier alpha value is -4.13. The van der Waals surface area contributed by atoms with Crippen LogP contribution in [-0.2, 0) is 0 Å². The lowest BCUT2D eigenvalue weighted by Crippen LogP contribution is -2.03. The molecule has 0 radical (unpaired) electrons. The van der Waals surface area contributed by atoms with Gasteiger partial charge in [-0.25, -0.2) is 14.4 Å². The fourth-order valence-corrected chi connectivity index (χ4v) is 4.07. The van der Waals surface area contributed by atoms with Crippen LogP contribution in [0.5, 0.6) is 5.75 Å². The highest BCUT2D eigenvalue weighted by atomic mass is 19.1. The van der Waals surface area contributed by atoms with E-state index in [1.54, 1.807) is 29.1 Å². The molecule has 2 aromatic heterocycles. The van der Waals surface area contributed by atoms with E-state index in [0.29, 0.717) is 5.69 Å². The Labute approximate surface area is 191 Å². The van der Waals surface area contributed by atoms with E-state index in [4.69, 9.17) is 4.98 Å². The smallest absolute Gasteiger partial charge is 0.141 e. The number of hydrogen-bond acceptors (Lipinski definition) is 4. The van der Waals surface area contributed by atoms with Crippen molar-refractivity contribution in [2.45, 2.75) is 26.8 Å². The minimum absolute atomic E-state index is 0.143. The molecule has 0 atom stereocenters. The molecule has 166 valence electrons. The van der Waals surface area contributed by atoms with Gasteiger partial charge < -0.3 is 19.6 Å². The molecule has 0 saturated carbocycles. The van der Waals surface area contributed by atoms with Crippen LogP contribution >= 0.6 is 0 Å². The van der Waals surface area contributed by atoms with Crippen LogP contribution in [-0.4, -0.2) is 24.2 Å². The molecule has 2 heterocycles. The van der Waals surface area contributed by atoms with Crippen molar-refractivity contribution < 1.29 is 9.50 Å². The average Bonchev–Trinajstić information content (AvgIpc) is 3.39. The van der Waals surface area contributed by atoms with Crippen molar-refractivity contribution in [2.24, 2.45) is 0 Å². The van der Waals surface area contributed by atoms with Gasteiger partial charge in [0.15, 0.2) is 0 Å². The summed E-state index contributed by atoms with van der Waals surface area (Å²) in [5.74, 6) is 0.648. The lowest BCUT2D eigenvalue weighted by atomic mass is 10.2. The number of anilines is 2. The Morgan fingerprint density at radius 1 is 1.03 bits per heavy atom. The van der Waals surface area contributed by atoms with Crippen LogP contribution in [0.25, 0.3) is 28.1 Å². The van der Waals surface area contributed by atoms with Crippen molar-refractivity contribution in [1.82, 2.24) is 19.1 Å². The number of aryl methyl sites for hydroxylation is 1. The normalized spacial score (nSPS) is 11.4. The molecule has 5 aromatic rings. The summed E-state index contributed by atoms with van der Waals surface area (Å²) in [5.41, 5.74) is 5.72. The quantitative estimate of drug-likeness (QED) is 0.333. The SMILES string of the molecule is Cc1cn(-c2ccc(Nc3cccc4c3nc(-c3ccc(F)cc3)n4C(C)C)cc2O)cn1. The molecule has 0 amide bonds. The summed E-state index contributed by atoms with van der Waals surface area (Å²) < 4.78 is 17.4. The number of nitrogens with zero attached hydrogens (tertiary/aromatic N) is 4. The maximum atomic E-state index is 13.5. The number of imidazole rings is 2. The van der Waals surface area contributed by atoms with Crippen molar-refractivity contribution in [1.29, 1.82) is 0 Å². The van der Waals surface area contributed by atoms with Gasteiger partial charge in [0, 0.05) is 29.6 Å². The topological polar surface area (TPSA) is 67.9 Å². The fourth-order valence-electron chi connectivity index (χ4n) is 4.07. The third-order valence-corrected chi connectivity index (χ3v) is 5.58. The van der Waals surface area contributed by atoms with Crippen LogP contribution in [0.1, 0.15) is 25.6 Å². The molecule has 2 N–H and O–H groups in total. The van der Waals surface area contributed by atoms with E-state index in [1.807, 2.05) is 43.5 Å². The van der Waals surface area contributed by atoms with Gasteiger partial charge in [-0.05, 0) is 69.3 Å². The molecular formula is C26H24FN5O. The Balaban J connectivity index is 1.56. The van der Waals surface area contributed by atoms with Crippen LogP contribution in [0, 0.1) is 12.7 Å². The van der Waals surface area contributed by atoms with Crippen LogP contribution in [0.15, 0.2) is 73.2 Å². The number of rotatable bonds is 5. The van der Waals surface area contributed by atoms with Crippen molar-refractivity contribution >= 4 is 22.4 Å². The van der Waals surface area contributed by atoms with Crippen LogP contribution in [0.4, 0.5) is 15.8 Å². The summed E-state index contributed by atoms with van der Waals surface area (Å²) in [6.07, 6.45) is 3.53. The van der Waals surface area contributed by atoms with Gasteiger partial charge in [-0.1, -0.05) is 6.07 Å². The fraction of sp³-hybridized carbons (Fsp3) is 0.154. The number of nitrogens with one attached hydrogen (secondary N) is 1. The van der Waals surface area contributed by atoms with E-state index >= 15 is 0 Å². The second kappa shape index (κ2) is 8.09. The van der Waals surface area contributed by atoms with E-state index in [1.165, 1.54) is 12.1 Å². The molecule has 6 nitrogen and oxygen atoms in total. The minimum atomic E-state index is -0.276. The highest BCUT2D eigenvalue weighted by Crippen LogP contribution is 2.34. The summed E-state index contributed by atoms with van der Waals surface area (Å²) in [4.78, 5) is 9.14. The van der Waals surface area contributed by atoms with Crippen LogP contribution in [0.2, 0.25) is 0 Å². The van der Waals surface area contributed by atoms with Gasteiger partial charge in [0.25, 0.3) is 0 Å². The van der Waals surface area contributed by atoms with Gasteiger partial charge in [-0.3, -0.25) is 0 Å². The van der Waals surface area contributed by atoms with Gasteiger partial charge in [0.1, 0.15) is 22.9 Å². The number of aromatic nitrogens is 4. The molecule has 33 heavy (non-hydrogen) atoms. The van der Waals surface area contributed by atoms with Crippen molar-refractivity contribution in [2.75, 3.05) is 5.32 Å². The second-order valence-corrected chi connectivity index (χ2v) is 8.33. The molecule has 0 fully saturated rings. The summed E-state index contributed by atoms with van der Waals surface area (Å²) in [6, 6.07) is 17.9. The Bertz CT molecular complexity index is 1450. The van der Waals surface area contributed by atoms with E-state index in [2.05, 4.69) is 28.7 Å². The zero-order valence-electron chi connectivity index (χ0n) is 18.6. The maximum Gasteiger partial charge on any atom is 0.141 e. The molecule has 0 aliphatic rings. The Morgan fingerprint density at radius 2 is 1.82 bits per heavy atom. The van der Waals surface area contributed by atoms with E-state index < -0.39 is 0 Å². The summed E-state index contributed by atoms with van der Waals surface area (Å²) in [5, 5.41) is 14.0. The maximum absolute atomic E-state index is 13.5. The Kier molecular flexibility index (Phi) is 5.09. The first-order valence-electron chi connectivity index (χ1n) is 10.8. The second-order valence-electron chi connectivity index (χ2n) is 8.33. The summed E-state index contributed by atoms with van der Waals surface area (Å²) in [7, 11) is 0. The van der Waals surface area contributed by atoms with Gasteiger partial charge in [-0.2, -0.15) is 0 Å². The average molecular weight is 442 g/mol.